The SMILES string of the molecule is Cc1ccc(Cn2nc(C(=O)NCCn3nc(-c4sc(C)nc4C)ccc3=O)ccc2=O)cc1. The molecule has 4 rings (SSSR count). The first-order valence-corrected chi connectivity index (χ1v) is 11.6. The quantitative estimate of drug-likeness (QED) is 0.438. The Kier molecular flexibility index (Phi) is 6.78. The van der Waals surface area contributed by atoms with E-state index in [0.717, 1.165) is 26.7 Å². The Morgan fingerprint density at radius 2 is 1.62 bits per heavy atom. The molecule has 0 saturated heterocycles. The molecule has 34 heavy (non-hydrogen) atoms. The first kappa shape index (κ1) is 23.2. The van der Waals surface area contributed by atoms with Crippen molar-refractivity contribution in [2.24, 2.45) is 0 Å². The van der Waals surface area contributed by atoms with Crippen LogP contribution in [0.15, 0.2) is 58.1 Å². The third-order valence-electron chi connectivity index (χ3n) is 5.16. The molecule has 0 unspecified atom stereocenters. The molecule has 3 aromatic heterocycles. The van der Waals surface area contributed by atoms with Gasteiger partial charge in [0.2, 0.25) is 0 Å². The maximum absolute atomic E-state index is 12.6. The Hall–Kier alpha value is -3.92. The molecule has 174 valence electrons. The summed E-state index contributed by atoms with van der Waals surface area (Å²) >= 11 is 1.52. The lowest BCUT2D eigenvalue weighted by Gasteiger charge is -2.09. The van der Waals surface area contributed by atoms with E-state index in [1.54, 1.807) is 6.07 Å². The van der Waals surface area contributed by atoms with Crippen molar-refractivity contribution in [2.75, 3.05) is 6.54 Å². The molecule has 1 amide bonds. The first-order valence-electron chi connectivity index (χ1n) is 10.7. The summed E-state index contributed by atoms with van der Waals surface area (Å²) in [4.78, 5) is 42.4. The number of carbonyl (C=O) groups is 1. The number of benzene rings is 1. The number of rotatable bonds is 7. The van der Waals surface area contributed by atoms with E-state index >= 15 is 0 Å². The van der Waals surface area contributed by atoms with Crippen LogP contribution in [0.5, 0.6) is 0 Å². The maximum atomic E-state index is 12.6. The second kappa shape index (κ2) is 9.92. The molecule has 0 bridgehead atoms. The van der Waals surface area contributed by atoms with Crippen LogP contribution in [-0.2, 0) is 13.1 Å². The monoisotopic (exact) mass is 476 g/mol. The van der Waals surface area contributed by atoms with Crippen LogP contribution in [0.3, 0.4) is 0 Å². The Bertz CT molecular complexity index is 1450. The van der Waals surface area contributed by atoms with Gasteiger partial charge in [-0.05, 0) is 38.5 Å². The van der Waals surface area contributed by atoms with Crippen LogP contribution in [0.4, 0.5) is 0 Å². The largest absolute Gasteiger partial charge is 0.349 e. The molecule has 4 aromatic rings. The van der Waals surface area contributed by atoms with E-state index in [0.29, 0.717) is 5.69 Å². The predicted octanol–water partition coefficient (Wildman–Crippen LogP) is 2.33. The zero-order valence-electron chi connectivity index (χ0n) is 19.1. The van der Waals surface area contributed by atoms with Gasteiger partial charge in [0.25, 0.3) is 17.0 Å². The molecule has 0 aliphatic heterocycles. The Morgan fingerprint density at radius 1 is 0.912 bits per heavy atom. The summed E-state index contributed by atoms with van der Waals surface area (Å²) in [5, 5.41) is 12.3. The van der Waals surface area contributed by atoms with Gasteiger partial charge < -0.3 is 5.32 Å². The van der Waals surface area contributed by atoms with Gasteiger partial charge in [-0.3, -0.25) is 14.4 Å². The van der Waals surface area contributed by atoms with Crippen molar-refractivity contribution < 1.29 is 4.79 Å². The smallest absolute Gasteiger partial charge is 0.271 e. The fourth-order valence-electron chi connectivity index (χ4n) is 3.41. The molecule has 0 aliphatic carbocycles. The van der Waals surface area contributed by atoms with Crippen molar-refractivity contribution in [3.8, 4) is 10.6 Å². The number of hydrogen-bond donors (Lipinski definition) is 1. The lowest BCUT2D eigenvalue weighted by atomic mass is 10.1. The number of nitrogens with zero attached hydrogens (tertiary/aromatic N) is 5. The molecule has 1 aromatic carbocycles. The zero-order valence-corrected chi connectivity index (χ0v) is 19.9. The van der Waals surface area contributed by atoms with Gasteiger partial charge in [0, 0.05) is 18.7 Å². The first-order chi connectivity index (χ1) is 16.3. The van der Waals surface area contributed by atoms with E-state index < -0.39 is 5.91 Å². The van der Waals surface area contributed by atoms with E-state index in [1.165, 1.54) is 38.9 Å². The highest BCUT2D eigenvalue weighted by molar-refractivity contribution is 7.15. The number of carbonyl (C=O) groups excluding carboxylic acids is 1. The summed E-state index contributed by atoms with van der Waals surface area (Å²) in [6.45, 7) is 6.45. The molecule has 0 spiro atoms. The van der Waals surface area contributed by atoms with Gasteiger partial charge in [-0.1, -0.05) is 29.8 Å². The molecule has 3 heterocycles. The van der Waals surface area contributed by atoms with Crippen molar-refractivity contribution >= 4 is 17.2 Å². The highest BCUT2D eigenvalue weighted by atomic mass is 32.1. The Morgan fingerprint density at radius 3 is 2.32 bits per heavy atom. The van der Waals surface area contributed by atoms with Gasteiger partial charge in [0.05, 0.1) is 28.7 Å². The van der Waals surface area contributed by atoms with E-state index in [9.17, 15) is 14.4 Å². The summed E-state index contributed by atoms with van der Waals surface area (Å²) in [5.74, 6) is -0.434. The lowest BCUT2D eigenvalue weighted by Crippen LogP contribution is -2.34. The standard InChI is InChI=1S/C24H24N6O3S/c1-15-4-6-18(7-5-15)14-30-22(32)11-9-20(28-30)24(33)25-12-13-29-21(31)10-8-19(27-29)23-16(2)26-17(3)34-23/h4-11H,12-14H2,1-3H3,(H,25,33). The molecule has 0 radical (unpaired) electrons. The van der Waals surface area contributed by atoms with Crippen LogP contribution < -0.4 is 16.4 Å². The maximum Gasteiger partial charge on any atom is 0.271 e. The third kappa shape index (κ3) is 5.34. The number of aromatic nitrogens is 5. The van der Waals surface area contributed by atoms with Crippen molar-refractivity contribution in [3.63, 3.8) is 0 Å². The van der Waals surface area contributed by atoms with E-state index in [2.05, 4.69) is 20.5 Å². The van der Waals surface area contributed by atoms with Crippen molar-refractivity contribution in [3.05, 3.63) is 96.8 Å². The van der Waals surface area contributed by atoms with Gasteiger partial charge in [-0.25, -0.2) is 14.3 Å². The average Bonchev–Trinajstić information content (AvgIpc) is 3.15. The number of aryl methyl sites for hydroxylation is 3. The Labute approximate surface area is 199 Å². The minimum Gasteiger partial charge on any atom is -0.349 e. The summed E-state index contributed by atoms with van der Waals surface area (Å²) in [6.07, 6.45) is 0. The number of nitrogens with one attached hydrogen (secondary N) is 1. The Balaban J connectivity index is 1.43. The fourth-order valence-corrected chi connectivity index (χ4v) is 4.30. The molecular weight excluding hydrogens is 452 g/mol. The minimum atomic E-state index is -0.434. The zero-order chi connectivity index (χ0) is 24.2. The third-order valence-corrected chi connectivity index (χ3v) is 6.26. The van der Waals surface area contributed by atoms with Crippen molar-refractivity contribution in [1.82, 2.24) is 29.9 Å². The number of thiazole rings is 1. The van der Waals surface area contributed by atoms with Crippen molar-refractivity contribution in [1.29, 1.82) is 0 Å². The molecule has 10 heteroatoms. The molecular formula is C24H24N6O3S. The predicted molar refractivity (Wildman–Crippen MR) is 130 cm³/mol. The van der Waals surface area contributed by atoms with Crippen molar-refractivity contribution in [2.45, 2.75) is 33.9 Å². The second-order valence-corrected chi connectivity index (χ2v) is 9.09. The summed E-state index contributed by atoms with van der Waals surface area (Å²) in [6, 6.07) is 13.6. The number of amides is 1. The topological polar surface area (TPSA) is 112 Å². The molecule has 0 saturated carbocycles. The van der Waals surface area contributed by atoms with Crippen LogP contribution in [-0.4, -0.2) is 37.0 Å². The highest BCUT2D eigenvalue weighted by Crippen LogP contribution is 2.27. The number of hydrogen-bond acceptors (Lipinski definition) is 7. The van der Waals surface area contributed by atoms with Gasteiger partial charge in [-0.2, -0.15) is 10.2 Å². The lowest BCUT2D eigenvalue weighted by molar-refractivity contribution is 0.0944. The molecule has 1 N–H and O–H groups in total. The molecule has 0 fully saturated rings. The van der Waals surface area contributed by atoms with Gasteiger partial charge in [-0.15, -0.1) is 11.3 Å². The van der Waals surface area contributed by atoms with Crippen LogP contribution in [0.1, 0.15) is 32.3 Å². The summed E-state index contributed by atoms with van der Waals surface area (Å²) < 4.78 is 2.57. The van der Waals surface area contributed by atoms with Gasteiger partial charge in [0.1, 0.15) is 11.4 Å². The van der Waals surface area contributed by atoms with Crippen LogP contribution in [0.25, 0.3) is 10.6 Å². The summed E-state index contributed by atoms with van der Waals surface area (Å²) in [7, 11) is 0. The van der Waals surface area contributed by atoms with Crippen LogP contribution in [0, 0.1) is 20.8 Å². The minimum absolute atomic E-state index is 0.122. The molecule has 0 aliphatic rings. The second-order valence-electron chi connectivity index (χ2n) is 7.88. The molecule has 0 atom stereocenters. The van der Waals surface area contributed by atoms with Gasteiger partial charge in [0.15, 0.2) is 0 Å². The molecule has 9 nitrogen and oxygen atoms in total. The summed E-state index contributed by atoms with van der Waals surface area (Å²) in [5.41, 5.74) is 3.12. The highest BCUT2D eigenvalue weighted by Gasteiger charge is 2.12. The van der Waals surface area contributed by atoms with E-state index in [1.807, 2.05) is 45.0 Å². The van der Waals surface area contributed by atoms with E-state index in [4.69, 9.17) is 0 Å². The fraction of sp³-hybridized carbons (Fsp3) is 0.250. The van der Waals surface area contributed by atoms with Gasteiger partial charge >= 0.3 is 0 Å². The average molecular weight is 477 g/mol. The van der Waals surface area contributed by atoms with Crippen LogP contribution in [0.2, 0.25) is 0 Å². The van der Waals surface area contributed by atoms with E-state index in [-0.39, 0.29) is 36.4 Å². The normalized spacial score (nSPS) is 10.9. The van der Waals surface area contributed by atoms with Crippen LogP contribution >= 0.6 is 11.3 Å².